The lowest BCUT2D eigenvalue weighted by atomic mass is 10.1. The molecule has 110 valence electrons. The van der Waals surface area contributed by atoms with Crippen LogP contribution in [0.25, 0.3) is 0 Å². The monoisotopic (exact) mass is 278 g/mol. The molecule has 2 atom stereocenters. The van der Waals surface area contributed by atoms with Gasteiger partial charge in [0.05, 0.1) is 23.6 Å². The molecule has 0 spiro atoms. The van der Waals surface area contributed by atoms with Gasteiger partial charge in [0.25, 0.3) is 5.91 Å². The van der Waals surface area contributed by atoms with Crippen molar-refractivity contribution in [3.05, 3.63) is 24.0 Å². The first kappa shape index (κ1) is 14.7. The van der Waals surface area contributed by atoms with E-state index < -0.39 is 6.10 Å². The standard InChI is InChI=1S/C14H22N4O2/c1-15-13-7-16-5-4-12(13)14(20)18-9-11(19)6-10(18)8-17(2)3/h4-5,7,10-11,15,19H,6,8-9H2,1-3H3. The van der Waals surface area contributed by atoms with Crippen molar-refractivity contribution in [2.24, 2.45) is 0 Å². The quantitative estimate of drug-likeness (QED) is 0.827. The van der Waals surface area contributed by atoms with Crippen molar-refractivity contribution in [2.45, 2.75) is 18.6 Å². The number of anilines is 1. The number of β-amino-alcohol motifs (C(OH)–C–C–N with tert-alkyl or cyclic N) is 1. The molecule has 1 aromatic heterocycles. The number of pyridine rings is 1. The molecule has 1 aliphatic heterocycles. The molecule has 20 heavy (non-hydrogen) atoms. The van der Waals surface area contributed by atoms with Crippen LogP contribution < -0.4 is 5.32 Å². The molecule has 1 fully saturated rings. The van der Waals surface area contributed by atoms with E-state index in [1.165, 1.54) is 0 Å². The van der Waals surface area contributed by atoms with Gasteiger partial charge in [0, 0.05) is 32.4 Å². The van der Waals surface area contributed by atoms with Gasteiger partial charge in [-0.3, -0.25) is 9.78 Å². The first-order valence-corrected chi connectivity index (χ1v) is 6.78. The second kappa shape index (κ2) is 6.19. The minimum Gasteiger partial charge on any atom is -0.391 e. The minimum atomic E-state index is -0.441. The second-order valence-corrected chi connectivity index (χ2v) is 5.43. The van der Waals surface area contributed by atoms with E-state index in [1.54, 1.807) is 30.4 Å². The van der Waals surface area contributed by atoms with Gasteiger partial charge in [-0.05, 0) is 26.6 Å². The number of carbonyl (C=O) groups excluding carboxylic acids is 1. The number of amides is 1. The van der Waals surface area contributed by atoms with Gasteiger partial charge in [-0.1, -0.05) is 0 Å². The average molecular weight is 278 g/mol. The summed E-state index contributed by atoms with van der Waals surface area (Å²) < 4.78 is 0. The summed E-state index contributed by atoms with van der Waals surface area (Å²) >= 11 is 0. The zero-order valence-electron chi connectivity index (χ0n) is 12.2. The van der Waals surface area contributed by atoms with Crippen molar-refractivity contribution in [3.63, 3.8) is 0 Å². The summed E-state index contributed by atoms with van der Waals surface area (Å²) in [5.74, 6) is -0.0554. The van der Waals surface area contributed by atoms with Crippen molar-refractivity contribution in [3.8, 4) is 0 Å². The van der Waals surface area contributed by atoms with E-state index in [-0.39, 0.29) is 11.9 Å². The van der Waals surface area contributed by atoms with Crippen molar-refractivity contribution in [1.29, 1.82) is 0 Å². The minimum absolute atomic E-state index is 0.0466. The number of likely N-dealkylation sites (tertiary alicyclic amines) is 1. The number of hydrogen-bond donors (Lipinski definition) is 2. The lowest BCUT2D eigenvalue weighted by Gasteiger charge is -2.27. The largest absolute Gasteiger partial charge is 0.391 e. The van der Waals surface area contributed by atoms with Gasteiger partial charge in [-0.25, -0.2) is 0 Å². The molecule has 6 heteroatoms. The Morgan fingerprint density at radius 3 is 3.00 bits per heavy atom. The molecule has 0 saturated carbocycles. The van der Waals surface area contributed by atoms with E-state index in [0.717, 1.165) is 6.54 Å². The summed E-state index contributed by atoms with van der Waals surface area (Å²) in [5.41, 5.74) is 1.31. The molecule has 1 saturated heterocycles. The zero-order valence-corrected chi connectivity index (χ0v) is 12.2. The maximum atomic E-state index is 12.7. The molecule has 2 rings (SSSR count). The zero-order chi connectivity index (χ0) is 14.7. The van der Waals surface area contributed by atoms with Crippen LogP contribution in [-0.2, 0) is 0 Å². The first-order chi connectivity index (χ1) is 9.52. The van der Waals surface area contributed by atoms with Crippen LogP contribution in [0.3, 0.4) is 0 Å². The Labute approximate surface area is 119 Å². The SMILES string of the molecule is CNc1cnccc1C(=O)N1CC(O)CC1CN(C)C. The summed E-state index contributed by atoms with van der Waals surface area (Å²) in [6.07, 6.45) is 3.44. The summed E-state index contributed by atoms with van der Waals surface area (Å²) in [7, 11) is 5.71. The number of hydrogen-bond acceptors (Lipinski definition) is 5. The fourth-order valence-corrected chi connectivity index (χ4v) is 2.67. The molecule has 1 amide bonds. The summed E-state index contributed by atoms with van der Waals surface area (Å²) in [4.78, 5) is 20.5. The van der Waals surface area contributed by atoms with Gasteiger partial charge in [-0.2, -0.15) is 0 Å². The van der Waals surface area contributed by atoms with Crippen LogP contribution >= 0.6 is 0 Å². The van der Waals surface area contributed by atoms with Crippen molar-refractivity contribution < 1.29 is 9.90 Å². The highest BCUT2D eigenvalue weighted by atomic mass is 16.3. The molecule has 1 aliphatic rings. The molecule has 0 aromatic carbocycles. The molecule has 0 aliphatic carbocycles. The summed E-state index contributed by atoms with van der Waals surface area (Å²) in [6.45, 7) is 1.14. The third-order valence-corrected chi connectivity index (χ3v) is 3.55. The van der Waals surface area contributed by atoms with E-state index >= 15 is 0 Å². The number of nitrogens with one attached hydrogen (secondary N) is 1. The van der Waals surface area contributed by atoms with Crippen LogP contribution in [0.2, 0.25) is 0 Å². The van der Waals surface area contributed by atoms with E-state index in [9.17, 15) is 9.90 Å². The molecule has 1 aromatic rings. The molecule has 6 nitrogen and oxygen atoms in total. The Kier molecular flexibility index (Phi) is 4.57. The molecular formula is C14H22N4O2. The van der Waals surface area contributed by atoms with Gasteiger partial charge >= 0.3 is 0 Å². The Balaban J connectivity index is 2.22. The summed E-state index contributed by atoms with van der Waals surface area (Å²) in [6, 6.07) is 1.76. The van der Waals surface area contributed by atoms with Crippen LogP contribution in [0.15, 0.2) is 18.5 Å². The van der Waals surface area contributed by atoms with Gasteiger partial charge in [0.2, 0.25) is 0 Å². The number of nitrogens with zero attached hydrogens (tertiary/aromatic N) is 3. The average Bonchev–Trinajstić information content (AvgIpc) is 2.77. The Bertz CT molecular complexity index is 478. The first-order valence-electron chi connectivity index (χ1n) is 6.78. The highest BCUT2D eigenvalue weighted by molar-refractivity contribution is 5.99. The Hall–Kier alpha value is -1.66. The smallest absolute Gasteiger partial charge is 0.256 e. The Morgan fingerprint density at radius 2 is 2.35 bits per heavy atom. The van der Waals surface area contributed by atoms with E-state index in [0.29, 0.717) is 24.2 Å². The van der Waals surface area contributed by atoms with Crippen LogP contribution in [0.5, 0.6) is 0 Å². The predicted molar refractivity (Wildman–Crippen MR) is 77.8 cm³/mol. The van der Waals surface area contributed by atoms with Gasteiger partial charge in [0.15, 0.2) is 0 Å². The second-order valence-electron chi connectivity index (χ2n) is 5.43. The molecule has 2 unspecified atom stereocenters. The number of carbonyl (C=O) groups is 1. The van der Waals surface area contributed by atoms with Crippen LogP contribution in [-0.4, -0.2) is 72.2 Å². The van der Waals surface area contributed by atoms with Crippen molar-refractivity contribution >= 4 is 11.6 Å². The Morgan fingerprint density at radius 1 is 1.60 bits per heavy atom. The number of rotatable bonds is 4. The third-order valence-electron chi connectivity index (χ3n) is 3.55. The normalized spacial score (nSPS) is 22.4. The fourth-order valence-electron chi connectivity index (χ4n) is 2.67. The maximum Gasteiger partial charge on any atom is 0.256 e. The topological polar surface area (TPSA) is 68.7 Å². The molecule has 0 radical (unpaired) electrons. The number of likely N-dealkylation sites (N-methyl/N-ethyl adjacent to an activating group) is 1. The van der Waals surface area contributed by atoms with E-state index in [4.69, 9.17) is 0 Å². The van der Waals surface area contributed by atoms with E-state index in [2.05, 4.69) is 10.3 Å². The van der Waals surface area contributed by atoms with E-state index in [1.807, 2.05) is 19.0 Å². The maximum absolute atomic E-state index is 12.7. The predicted octanol–water partition coefficient (Wildman–Crippen LogP) is 0.260. The lowest BCUT2D eigenvalue weighted by molar-refractivity contribution is 0.0700. The van der Waals surface area contributed by atoms with Crippen molar-refractivity contribution in [1.82, 2.24) is 14.8 Å². The fraction of sp³-hybridized carbons (Fsp3) is 0.571. The van der Waals surface area contributed by atoms with Crippen LogP contribution in [0.1, 0.15) is 16.8 Å². The molecule has 2 heterocycles. The highest BCUT2D eigenvalue weighted by Crippen LogP contribution is 2.23. The van der Waals surface area contributed by atoms with Gasteiger partial charge < -0.3 is 20.2 Å². The van der Waals surface area contributed by atoms with Crippen molar-refractivity contribution in [2.75, 3.05) is 39.5 Å². The van der Waals surface area contributed by atoms with Gasteiger partial charge in [-0.15, -0.1) is 0 Å². The van der Waals surface area contributed by atoms with Crippen LogP contribution in [0.4, 0.5) is 5.69 Å². The molecule has 0 bridgehead atoms. The lowest BCUT2D eigenvalue weighted by Crippen LogP contribution is -2.41. The summed E-state index contributed by atoms with van der Waals surface area (Å²) in [5, 5.41) is 12.8. The number of aliphatic hydroxyl groups is 1. The molecular weight excluding hydrogens is 256 g/mol. The molecule has 2 N–H and O–H groups in total. The number of aromatic nitrogens is 1. The number of aliphatic hydroxyl groups excluding tert-OH is 1. The highest BCUT2D eigenvalue weighted by Gasteiger charge is 2.35. The third kappa shape index (κ3) is 3.08. The van der Waals surface area contributed by atoms with Gasteiger partial charge in [0.1, 0.15) is 0 Å². The van der Waals surface area contributed by atoms with Crippen LogP contribution in [0, 0.1) is 0 Å².